The molecule has 0 fully saturated rings. The van der Waals surface area contributed by atoms with Crippen LogP contribution in [0.4, 0.5) is 4.79 Å². The second kappa shape index (κ2) is 6.73. The summed E-state index contributed by atoms with van der Waals surface area (Å²) in [5, 5.41) is 3.52. The van der Waals surface area contributed by atoms with E-state index in [9.17, 15) is 9.59 Å². The molecule has 0 atom stereocenters. The average Bonchev–Trinajstić information content (AvgIpc) is 2.78. The molecule has 2 aromatic rings. The molecule has 0 aliphatic rings. The predicted octanol–water partition coefficient (Wildman–Crippen LogP) is 4.21. The van der Waals surface area contributed by atoms with Crippen molar-refractivity contribution < 1.29 is 23.5 Å². The largest absolute Gasteiger partial charge is 0.465 e. The van der Waals surface area contributed by atoms with Gasteiger partial charge in [-0.2, -0.15) is 0 Å². The smallest absolute Gasteiger partial charge is 0.408 e. The number of hydrogen-bond acceptors (Lipinski definition) is 5. The number of fused-ring (bicyclic) bond motifs is 1. The molecule has 1 heterocycles. The van der Waals surface area contributed by atoms with E-state index in [0.717, 1.165) is 5.56 Å². The van der Waals surface area contributed by atoms with Crippen molar-refractivity contribution in [2.24, 2.45) is 0 Å². The molecule has 0 saturated heterocycles. The fourth-order valence-corrected chi connectivity index (χ4v) is 2.45. The normalized spacial score (nSPS) is 11.4. The highest BCUT2D eigenvalue weighted by molar-refractivity contribution is 6.36. The van der Waals surface area contributed by atoms with Crippen molar-refractivity contribution >= 4 is 34.6 Å². The quantitative estimate of drug-likeness (QED) is 0.836. The van der Waals surface area contributed by atoms with Gasteiger partial charge in [0.1, 0.15) is 16.9 Å². The summed E-state index contributed by atoms with van der Waals surface area (Å²) >= 11 is 6.33. The number of rotatable bonds is 3. The minimum Gasteiger partial charge on any atom is -0.465 e. The molecule has 0 saturated carbocycles. The Morgan fingerprint density at radius 2 is 1.96 bits per heavy atom. The Labute approximate surface area is 145 Å². The van der Waals surface area contributed by atoms with Gasteiger partial charge in [-0.3, -0.25) is 0 Å². The van der Waals surface area contributed by atoms with Crippen molar-refractivity contribution in [3.05, 3.63) is 34.0 Å². The second-order valence-electron chi connectivity index (χ2n) is 6.38. The molecule has 0 unspecified atom stereocenters. The van der Waals surface area contributed by atoms with Crippen LogP contribution in [0.5, 0.6) is 0 Å². The van der Waals surface area contributed by atoms with E-state index in [-0.39, 0.29) is 12.1 Å². The molecule has 2 rings (SSSR count). The van der Waals surface area contributed by atoms with Gasteiger partial charge in [-0.1, -0.05) is 11.6 Å². The van der Waals surface area contributed by atoms with Crippen molar-refractivity contribution in [3.63, 3.8) is 0 Å². The van der Waals surface area contributed by atoms with Gasteiger partial charge in [0, 0.05) is 5.39 Å². The van der Waals surface area contributed by atoms with Crippen molar-refractivity contribution in [1.29, 1.82) is 0 Å². The molecule has 0 bridgehead atoms. The fourth-order valence-electron chi connectivity index (χ4n) is 2.21. The molecule has 1 amide bonds. The van der Waals surface area contributed by atoms with Crippen LogP contribution in [-0.2, 0) is 16.0 Å². The van der Waals surface area contributed by atoms with E-state index in [4.69, 9.17) is 25.5 Å². The van der Waals surface area contributed by atoms with Gasteiger partial charge in [0.15, 0.2) is 5.58 Å². The number of carbonyl (C=O) groups excluding carboxylic acids is 2. The van der Waals surface area contributed by atoms with Gasteiger partial charge in [-0.05, 0) is 45.4 Å². The van der Waals surface area contributed by atoms with Crippen LogP contribution in [0.2, 0.25) is 5.02 Å². The van der Waals surface area contributed by atoms with Crippen LogP contribution in [0.1, 0.15) is 42.5 Å². The third-order valence-electron chi connectivity index (χ3n) is 3.14. The minimum atomic E-state index is -0.600. The van der Waals surface area contributed by atoms with Gasteiger partial charge in [0.25, 0.3) is 0 Å². The van der Waals surface area contributed by atoms with Gasteiger partial charge in [0.2, 0.25) is 0 Å². The molecular formula is C17H20ClNO5. The molecule has 1 aromatic heterocycles. The summed E-state index contributed by atoms with van der Waals surface area (Å²) in [6.07, 6.45) is -0.580. The van der Waals surface area contributed by atoms with Crippen LogP contribution in [0.25, 0.3) is 11.0 Å². The van der Waals surface area contributed by atoms with Crippen molar-refractivity contribution in [3.8, 4) is 0 Å². The Kier molecular flexibility index (Phi) is 5.08. The highest BCUT2D eigenvalue weighted by Gasteiger charge is 2.21. The second-order valence-corrected chi connectivity index (χ2v) is 6.75. The summed E-state index contributed by atoms with van der Waals surface area (Å²) in [6.45, 7) is 7.19. The van der Waals surface area contributed by atoms with E-state index in [0.29, 0.717) is 21.8 Å². The number of methoxy groups -OCH3 is 1. The molecule has 0 spiro atoms. The van der Waals surface area contributed by atoms with Crippen molar-refractivity contribution in [2.45, 2.75) is 39.8 Å². The zero-order chi connectivity index (χ0) is 18.1. The SMILES string of the molecule is COC(=O)c1cc(C)cc2c(Cl)c(CNC(=O)OC(C)(C)C)oc12. The number of carbonyl (C=O) groups is 2. The zero-order valence-electron chi connectivity index (χ0n) is 14.3. The summed E-state index contributed by atoms with van der Waals surface area (Å²) < 4.78 is 15.6. The van der Waals surface area contributed by atoms with Crippen LogP contribution >= 0.6 is 11.6 Å². The lowest BCUT2D eigenvalue weighted by Crippen LogP contribution is -2.32. The first-order chi connectivity index (χ1) is 11.1. The lowest BCUT2D eigenvalue weighted by Gasteiger charge is -2.19. The molecular weight excluding hydrogens is 334 g/mol. The molecule has 7 heteroatoms. The number of nitrogens with one attached hydrogen (secondary N) is 1. The standard InChI is InChI=1S/C17H20ClNO5/c1-9-6-10-13(18)12(8-19-16(21)24-17(2,3)4)23-14(10)11(7-9)15(20)22-5/h6-7H,8H2,1-5H3,(H,19,21). The number of alkyl carbamates (subject to hydrolysis) is 1. The number of amides is 1. The summed E-state index contributed by atoms with van der Waals surface area (Å²) in [5.41, 5.74) is 0.866. The number of ether oxygens (including phenoxy) is 2. The van der Waals surface area contributed by atoms with Gasteiger partial charge in [-0.25, -0.2) is 9.59 Å². The van der Waals surface area contributed by atoms with Gasteiger partial charge >= 0.3 is 12.1 Å². The van der Waals surface area contributed by atoms with E-state index in [1.54, 1.807) is 26.8 Å². The maximum atomic E-state index is 11.9. The maximum Gasteiger partial charge on any atom is 0.408 e. The topological polar surface area (TPSA) is 77.8 Å². The first-order valence-corrected chi connectivity index (χ1v) is 7.77. The summed E-state index contributed by atoms with van der Waals surface area (Å²) in [4.78, 5) is 23.6. The third kappa shape index (κ3) is 4.00. The monoisotopic (exact) mass is 353 g/mol. The highest BCUT2D eigenvalue weighted by Crippen LogP contribution is 2.34. The summed E-state index contributed by atoms with van der Waals surface area (Å²) in [6, 6.07) is 3.48. The zero-order valence-corrected chi connectivity index (χ0v) is 15.0. The van der Waals surface area contributed by atoms with E-state index < -0.39 is 17.7 Å². The van der Waals surface area contributed by atoms with Crippen LogP contribution in [-0.4, -0.2) is 24.8 Å². The first kappa shape index (κ1) is 18.1. The average molecular weight is 354 g/mol. The fraction of sp³-hybridized carbons (Fsp3) is 0.412. The summed E-state index contributed by atoms with van der Waals surface area (Å²) in [5.74, 6) is -0.172. The lowest BCUT2D eigenvalue weighted by molar-refractivity contribution is 0.0518. The lowest BCUT2D eigenvalue weighted by atomic mass is 10.1. The molecule has 130 valence electrons. The number of benzene rings is 1. The molecule has 24 heavy (non-hydrogen) atoms. The van der Waals surface area contributed by atoms with Crippen LogP contribution in [0.15, 0.2) is 16.5 Å². The molecule has 0 aliphatic heterocycles. The van der Waals surface area contributed by atoms with Crippen LogP contribution < -0.4 is 5.32 Å². The maximum absolute atomic E-state index is 11.9. The Morgan fingerprint density at radius 3 is 2.54 bits per heavy atom. The van der Waals surface area contributed by atoms with E-state index in [1.165, 1.54) is 7.11 Å². The molecule has 1 aromatic carbocycles. The Balaban J connectivity index is 2.31. The molecule has 0 aliphatic carbocycles. The van der Waals surface area contributed by atoms with Crippen LogP contribution in [0.3, 0.4) is 0 Å². The number of esters is 1. The number of halogens is 1. The summed E-state index contributed by atoms with van der Waals surface area (Å²) in [7, 11) is 1.30. The third-order valence-corrected chi connectivity index (χ3v) is 3.55. The number of aryl methyl sites for hydroxylation is 1. The number of furan rings is 1. The van der Waals surface area contributed by atoms with Gasteiger partial charge < -0.3 is 19.2 Å². The van der Waals surface area contributed by atoms with Crippen molar-refractivity contribution in [1.82, 2.24) is 5.32 Å². The van der Waals surface area contributed by atoms with Crippen LogP contribution in [0, 0.1) is 6.92 Å². The van der Waals surface area contributed by atoms with E-state index >= 15 is 0 Å². The highest BCUT2D eigenvalue weighted by atomic mass is 35.5. The van der Waals surface area contributed by atoms with E-state index in [1.807, 2.05) is 13.0 Å². The molecule has 0 radical (unpaired) electrons. The Bertz CT molecular complexity index is 788. The van der Waals surface area contributed by atoms with Gasteiger partial charge in [0.05, 0.1) is 18.7 Å². The minimum absolute atomic E-state index is 0.0437. The Hall–Kier alpha value is -2.21. The predicted molar refractivity (Wildman–Crippen MR) is 90.4 cm³/mol. The molecule has 6 nitrogen and oxygen atoms in total. The van der Waals surface area contributed by atoms with Gasteiger partial charge in [-0.15, -0.1) is 0 Å². The van der Waals surface area contributed by atoms with E-state index in [2.05, 4.69) is 5.32 Å². The first-order valence-electron chi connectivity index (χ1n) is 7.39. The van der Waals surface area contributed by atoms with Crippen molar-refractivity contribution in [2.75, 3.05) is 7.11 Å². The number of hydrogen-bond donors (Lipinski definition) is 1. The Morgan fingerprint density at radius 1 is 1.29 bits per heavy atom. The molecule has 1 N–H and O–H groups in total.